The maximum Gasteiger partial charge on any atom is 0.322 e. The minimum Gasteiger partial charge on any atom is -0.467 e. The van der Waals surface area contributed by atoms with Crippen LogP contribution in [0.2, 0.25) is 0 Å². The molecule has 0 aliphatic carbocycles. The molecule has 1 saturated heterocycles. The van der Waals surface area contributed by atoms with Gasteiger partial charge in [-0.2, -0.15) is 15.0 Å². The van der Waals surface area contributed by atoms with Crippen LogP contribution in [0.4, 0.5) is 11.9 Å². The summed E-state index contributed by atoms with van der Waals surface area (Å²) in [6.45, 7) is 0. The number of anilines is 2. The maximum atomic E-state index is 11.3. The van der Waals surface area contributed by atoms with Crippen molar-refractivity contribution in [2.24, 2.45) is 5.84 Å². The molecule has 0 unspecified atom stereocenters. The predicted octanol–water partition coefficient (Wildman–Crippen LogP) is -0.511. The quantitative estimate of drug-likeness (QED) is 0.496. The Bertz CT molecular complexity index is 411. The molecule has 1 aliphatic rings. The largest absolute Gasteiger partial charge is 0.467 e. The third-order valence-corrected chi connectivity index (χ3v) is 4.03. The average Bonchev–Trinajstić information content (AvgIpc) is 2.41. The van der Waals surface area contributed by atoms with Crippen LogP contribution in [0.5, 0.6) is 6.01 Å². The molecular formula is C9H16N6O2S. The van der Waals surface area contributed by atoms with Crippen molar-refractivity contribution in [2.45, 2.75) is 18.9 Å². The zero-order chi connectivity index (χ0) is 13.0. The number of hydrogen-bond acceptors (Lipinski definition) is 8. The highest BCUT2D eigenvalue weighted by Gasteiger charge is 2.19. The monoisotopic (exact) mass is 272 g/mol. The number of nitrogen functional groups attached to an aromatic ring is 1. The second-order valence-corrected chi connectivity index (χ2v) is 5.58. The molecule has 1 fully saturated rings. The van der Waals surface area contributed by atoms with E-state index < -0.39 is 10.8 Å². The summed E-state index contributed by atoms with van der Waals surface area (Å²) in [7, 11) is 0.794. The third-order valence-electron chi connectivity index (χ3n) is 2.65. The molecule has 0 amide bonds. The summed E-state index contributed by atoms with van der Waals surface area (Å²) in [6.07, 6.45) is 1.68. The van der Waals surface area contributed by atoms with Gasteiger partial charge in [0, 0.05) is 28.3 Å². The smallest absolute Gasteiger partial charge is 0.322 e. The molecule has 4 N–H and O–H groups in total. The Balaban J connectivity index is 2.06. The first kappa shape index (κ1) is 13.0. The molecule has 0 spiro atoms. The van der Waals surface area contributed by atoms with Crippen molar-refractivity contribution in [3.63, 3.8) is 0 Å². The predicted molar refractivity (Wildman–Crippen MR) is 68.7 cm³/mol. The van der Waals surface area contributed by atoms with E-state index in [0.29, 0.717) is 17.5 Å². The second-order valence-electron chi connectivity index (χ2n) is 3.88. The molecule has 2 heterocycles. The van der Waals surface area contributed by atoms with Gasteiger partial charge in [-0.25, -0.2) is 5.84 Å². The molecule has 1 aliphatic heterocycles. The molecule has 18 heavy (non-hydrogen) atoms. The van der Waals surface area contributed by atoms with Crippen molar-refractivity contribution in [3.8, 4) is 6.01 Å². The van der Waals surface area contributed by atoms with Crippen LogP contribution in [-0.2, 0) is 10.8 Å². The van der Waals surface area contributed by atoms with Gasteiger partial charge in [0.25, 0.3) is 0 Å². The van der Waals surface area contributed by atoms with E-state index in [9.17, 15) is 4.21 Å². The van der Waals surface area contributed by atoms with Crippen LogP contribution >= 0.6 is 0 Å². The number of nitrogens with two attached hydrogens (primary N) is 1. The van der Waals surface area contributed by atoms with E-state index in [1.54, 1.807) is 0 Å². The number of nitrogens with zero attached hydrogens (tertiary/aromatic N) is 3. The Morgan fingerprint density at radius 2 is 1.94 bits per heavy atom. The summed E-state index contributed by atoms with van der Waals surface area (Å²) in [5, 5.41) is 3.18. The van der Waals surface area contributed by atoms with Crippen molar-refractivity contribution in [1.82, 2.24) is 15.0 Å². The fourth-order valence-electron chi connectivity index (χ4n) is 1.70. The normalized spacial score (nSPS) is 23.4. The zero-order valence-electron chi connectivity index (χ0n) is 10.0. The van der Waals surface area contributed by atoms with Crippen LogP contribution in [0, 0.1) is 0 Å². The topological polar surface area (TPSA) is 115 Å². The number of hydrogen-bond donors (Lipinski definition) is 3. The minimum absolute atomic E-state index is 0.194. The van der Waals surface area contributed by atoms with E-state index in [1.165, 1.54) is 7.11 Å². The SMILES string of the molecule is COc1nc(NN)nc(NC2CCS(=O)CC2)n1. The van der Waals surface area contributed by atoms with Gasteiger partial charge in [-0.1, -0.05) is 0 Å². The standard InChI is InChI=1S/C9H16N6O2S/c1-17-9-13-7(12-8(14-9)15-10)11-6-2-4-18(16)5-3-6/h6H,2-5,10H2,1H3,(H2,11,12,13,14,15). The van der Waals surface area contributed by atoms with E-state index in [4.69, 9.17) is 10.6 Å². The van der Waals surface area contributed by atoms with Crippen LogP contribution in [0.25, 0.3) is 0 Å². The Morgan fingerprint density at radius 1 is 1.28 bits per heavy atom. The van der Waals surface area contributed by atoms with Gasteiger partial charge in [-0.05, 0) is 12.8 Å². The number of nitrogens with one attached hydrogen (secondary N) is 2. The van der Waals surface area contributed by atoms with Gasteiger partial charge < -0.3 is 10.1 Å². The average molecular weight is 272 g/mol. The molecule has 0 aromatic carbocycles. The van der Waals surface area contributed by atoms with Crippen LogP contribution in [0.3, 0.4) is 0 Å². The Hall–Kier alpha value is -1.48. The lowest BCUT2D eigenvalue weighted by atomic mass is 10.2. The van der Waals surface area contributed by atoms with Gasteiger partial charge in [0.1, 0.15) is 0 Å². The summed E-state index contributed by atoms with van der Waals surface area (Å²) in [6, 6.07) is 0.417. The first-order valence-corrected chi connectivity index (χ1v) is 7.08. The fourth-order valence-corrected chi connectivity index (χ4v) is 3.00. The zero-order valence-corrected chi connectivity index (χ0v) is 10.9. The molecule has 0 bridgehead atoms. The highest BCUT2D eigenvalue weighted by atomic mass is 32.2. The van der Waals surface area contributed by atoms with Gasteiger partial charge in [0.05, 0.1) is 7.11 Å². The molecular weight excluding hydrogens is 256 g/mol. The van der Waals surface area contributed by atoms with E-state index in [2.05, 4.69) is 25.7 Å². The summed E-state index contributed by atoms with van der Waals surface area (Å²) >= 11 is 0. The van der Waals surface area contributed by atoms with Gasteiger partial charge in [0.2, 0.25) is 11.9 Å². The minimum atomic E-state index is -0.681. The second kappa shape index (κ2) is 5.91. The molecule has 100 valence electrons. The van der Waals surface area contributed by atoms with Crippen LogP contribution in [-0.4, -0.2) is 43.8 Å². The summed E-state index contributed by atoms with van der Waals surface area (Å²) in [4.78, 5) is 12.1. The first-order chi connectivity index (χ1) is 8.71. The van der Waals surface area contributed by atoms with Crippen LogP contribution in [0.1, 0.15) is 12.8 Å². The Kier molecular flexibility index (Phi) is 4.26. The third kappa shape index (κ3) is 3.26. The van der Waals surface area contributed by atoms with Gasteiger partial charge in [-0.15, -0.1) is 0 Å². The van der Waals surface area contributed by atoms with Crippen molar-refractivity contribution in [2.75, 3.05) is 29.4 Å². The van der Waals surface area contributed by atoms with Crippen molar-refractivity contribution in [3.05, 3.63) is 0 Å². The van der Waals surface area contributed by atoms with Crippen LogP contribution < -0.4 is 21.3 Å². The molecule has 0 saturated carbocycles. The Labute approximate surface area is 107 Å². The summed E-state index contributed by atoms with van der Waals surface area (Å²) in [5.74, 6) is 7.34. The lowest BCUT2D eigenvalue weighted by Crippen LogP contribution is -2.30. The molecule has 2 rings (SSSR count). The number of methoxy groups -OCH3 is 1. The highest BCUT2D eigenvalue weighted by molar-refractivity contribution is 7.85. The summed E-state index contributed by atoms with van der Waals surface area (Å²) in [5.41, 5.74) is 2.36. The molecule has 1 aromatic rings. The van der Waals surface area contributed by atoms with Crippen molar-refractivity contribution in [1.29, 1.82) is 0 Å². The lowest BCUT2D eigenvalue weighted by molar-refractivity contribution is 0.379. The molecule has 8 nitrogen and oxygen atoms in total. The highest BCUT2D eigenvalue weighted by Crippen LogP contribution is 2.16. The van der Waals surface area contributed by atoms with E-state index in [1.807, 2.05) is 0 Å². The van der Waals surface area contributed by atoms with Gasteiger partial charge in [0.15, 0.2) is 0 Å². The molecule has 9 heteroatoms. The molecule has 1 aromatic heterocycles. The van der Waals surface area contributed by atoms with Crippen molar-refractivity contribution < 1.29 is 8.95 Å². The van der Waals surface area contributed by atoms with E-state index >= 15 is 0 Å². The van der Waals surface area contributed by atoms with Crippen LogP contribution in [0.15, 0.2) is 0 Å². The number of ether oxygens (including phenoxy) is 1. The summed E-state index contributed by atoms with van der Waals surface area (Å²) < 4.78 is 16.2. The number of aromatic nitrogens is 3. The Morgan fingerprint density at radius 3 is 2.56 bits per heavy atom. The lowest BCUT2D eigenvalue weighted by Gasteiger charge is -2.22. The maximum absolute atomic E-state index is 11.3. The fraction of sp³-hybridized carbons (Fsp3) is 0.667. The number of hydrazine groups is 1. The first-order valence-electron chi connectivity index (χ1n) is 5.59. The van der Waals surface area contributed by atoms with E-state index in [0.717, 1.165) is 12.8 Å². The number of rotatable bonds is 4. The van der Waals surface area contributed by atoms with Gasteiger partial charge in [-0.3, -0.25) is 9.63 Å². The molecule has 0 radical (unpaired) electrons. The van der Waals surface area contributed by atoms with Crippen molar-refractivity contribution >= 4 is 22.7 Å². The van der Waals surface area contributed by atoms with E-state index in [-0.39, 0.29) is 18.0 Å². The van der Waals surface area contributed by atoms with Gasteiger partial charge >= 0.3 is 6.01 Å². The molecule has 0 atom stereocenters.